The van der Waals surface area contributed by atoms with Gasteiger partial charge in [-0.05, 0) is 67.0 Å². The molecule has 0 saturated heterocycles. The van der Waals surface area contributed by atoms with E-state index in [0.29, 0.717) is 21.9 Å². The molecule has 0 aliphatic carbocycles. The number of hydrogen-bond donors (Lipinski definition) is 0. The summed E-state index contributed by atoms with van der Waals surface area (Å²) in [7, 11) is 0. The van der Waals surface area contributed by atoms with Crippen LogP contribution in [0.4, 0.5) is 0 Å². The molecule has 0 unspecified atom stereocenters. The molecule has 0 amide bonds. The summed E-state index contributed by atoms with van der Waals surface area (Å²) in [5.41, 5.74) is 4.18. The normalized spacial score (nSPS) is 12.0. The number of rotatable bonds is 13. The van der Waals surface area contributed by atoms with Gasteiger partial charge in [-0.3, -0.25) is 4.79 Å². The number of para-hydroxylation sites is 1. The number of fused-ring (bicyclic) bond motifs is 1. The van der Waals surface area contributed by atoms with E-state index in [1.165, 1.54) is 15.9 Å². The van der Waals surface area contributed by atoms with Gasteiger partial charge in [0, 0.05) is 17.3 Å². The van der Waals surface area contributed by atoms with Crippen molar-refractivity contribution in [3.05, 3.63) is 117 Å². The molecule has 3 heterocycles. The highest BCUT2D eigenvalue weighted by atomic mass is 32.1. The molecule has 0 bridgehead atoms. The molecule has 3 aromatic carbocycles. The fraction of sp³-hybridized carbons (Fsp3) is 0.222. The molecule has 0 radical (unpaired) electrons. The first-order chi connectivity index (χ1) is 22.1. The molecule has 0 spiro atoms. The van der Waals surface area contributed by atoms with E-state index in [2.05, 4.69) is 23.9 Å². The molecule has 0 saturated carbocycles. The Morgan fingerprint density at radius 3 is 2.31 bits per heavy atom. The number of hydrogen-bond acceptors (Lipinski definition) is 7. The second-order valence-corrected chi connectivity index (χ2v) is 11.6. The molecule has 0 fully saturated rings. The highest BCUT2D eigenvalue weighted by molar-refractivity contribution is 7.15. The van der Waals surface area contributed by atoms with Gasteiger partial charge in [0.25, 0.3) is 5.56 Å². The largest absolute Gasteiger partial charge is 0.494 e. The second-order valence-electron chi connectivity index (χ2n) is 10.6. The van der Waals surface area contributed by atoms with Crippen molar-refractivity contribution in [3.8, 4) is 28.4 Å². The molecule has 0 aliphatic rings. The van der Waals surface area contributed by atoms with Crippen LogP contribution in [0.25, 0.3) is 40.1 Å². The van der Waals surface area contributed by atoms with Crippen LogP contribution >= 0.6 is 11.3 Å². The van der Waals surface area contributed by atoms with Gasteiger partial charge in [0.1, 0.15) is 17.2 Å². The summed E-state index contributed by atoms with van der Waals surface area (Å²) in [6.07, 6.45) is 11.7. The summed E-state index contributed by atoms with van der Waals surface area (Å²) in [4.78, 5) is 18.6. The first-order valence-electron chi connectivity index (χ1n) is 15.3. The van der Waals surface area contributed by atoms with Crippen molar-refractivity contribution in [1.29, 1.82) is 0 Å². The molecular weight excluding hydrogens is 582 g/mol. The molecule has 0 atom stereocenters. The Morgan fingerprint density at radius 1 is 0.822 bits per heavy atom. The van der Waals surface area contributed by atoms with Gasteiger partial charge in [-0.2, -0.15) is 14.6 Å². The lowest BCUT2D eigenvalue weighted by Gasteiger charge is -2.07. The zero-order valence-corrected chi connectivity index (χ0v) is 26.2. The van der Waals surface area contributed by atoms with Gasteiger partial charge < -0.3 is 9.47 Å². The summed E-state index contributed by atoms with van der Waals surface area (Å²) in [5, 5.41) is 9.40. The van der Waals surface area contributed by atoms with E-state index in [-0.39, 0.29) is 5.56 Å². The van der Waals surface area contributed by atoms with E-state index >= 15 is 0 Å². The highest BCUT2D eigenvalue weighted by Crippen LogP contribution is 2.28. The summed E-state index contributed by atoms with van der Waals surface area (Å²) < 4.78 is 15.4. The predicted molar refractivity (Wildman–Crippen MR) is 181 cm³/mol. The molecule has 0 aliphatic heterocycles. The monoisotopic (exact) mass is 617 g/mol. The molecular formula is C36H35N5O3S. The summed E-state index contributed by atoms with van der Waals surface area (Å²) in [5.74, 6) is 2.12. The minimum Gasteiger partial charge on any atom is -0.494 e. The fourth-order valence-electron chi connectivity index (χ4n) is 4.74. The Labute approximate surface area is 265 Å². The van der Waals surface area contributed by atoms with Crippen LogP contribution in [0.3, 0.4) is 0 Å². The van der Waals surface area contributed by atoms with E-state index in [4.69, 9.17) is 14.6 Å². The third-order valence-corrected chi connectivity index (χ3v) is 8.15. The van der Waals surface area contributed by atoms with E-state index in [1.54, 1.807) is 0 Å². The number of thiazole rings is 1. The predicted octanol–water partition coefficient (Wildman–Crippen LogP) is 7.08. The Morgan fingerprint density at radius 2 is 1.58 bits per heavy atom. The molecule has 3 aromatic heterocycles. The Bertz CT molecular complexity index is 2010. The van der Waals surface area contributed by atoms with Crippen LogP contribution in [-0.4, -0.2) is 37.6 Å². The van der Waals surface area contributed by atoms with Crippen LogP contribution in [-0.2, 0) is 0 Å². The lowest BCUT2D eigenvalue weighted by Crippen LogP contribution is -2.23. The van der Waals surface area contributed by atoms with Crippen molar-refractivity contribution in [3.63, 3.8) is 0 Å². The van der Waals surface area contributed by atoms with Gasteiger partial charge in [-0.25, -0.2) is 4.68 Å². The Kier molecular flexibility index (Phi) is 9.46. The minimum absolute atomic E-state index is 0.217. The molecule has 9 heteroatoms. The van der Waals surface area contributed by atoms with E-state index in [1.807, 2.05) is 108 Å². The Balaban J connectivity index is 1.29. The highest BCUT2D eigenvalue weighted by Gasteiger charge is 2.14. The van der Waals surface area contributed by atoms with Crippen molar-refractivity contribution in [2.24, 2.45) is 0 Å². The van der Waals surface area contributed by atoms with Crippen molar-refractivity contribution >= 4 is 34.5 Å². The standard InChI is InChI=1S/C36H35N5O3S/c1-3-5-21-43-30-18-15-26(16-19-30)17-20-33-37-36-41(38-33)35(42)32(45-36)24-28-25-40(29-12-8-7-9-13-29)39-34(28)27-11-10-14-31(23-27)44-22-6-4-2/h7-20,23-25H,3-6,21-22H2,1-2H3/b20-17+,32-24-. The zero-order chi connectivity index (χ0) is 31.0. The van der Waals surface area contributed by atoms with E-state index in [9.17, 15) is 4.79 Å². The van der Waals surface area contributed by atoms with Gasteiger partial charge >= 0.3 is 0 Å². The fourth-order valence-corrected chi connectivity index (χ4v) is 5.64. The molecule has 45 heavy (non-hydrogen) atoms. The molecule has 6 aromatic rings. The van der Waals surface area contributed by atoms with Gasteiger partial charge in [-0.1, -0.05) is 86.6 Å². The topological polar surface area (TPSA) is 83.5 Å². The minimum atomic E-state index is -0.217. The van der Waals surface area contributed by atoms with Crippen LogP contribution in [0.2, 0.25) is 0 Å². The maximum absolute atomic E-state index is 13.4. The number of nitrogens with zero attached hydrogens (tertiary/aromatic N) is 5. The van der Waals surface area contributed by atoms with Crippen LogP contribution in [0, 0.1) is 0 Å². The molecule has 6 rings (SSSR count). The van der Waals surface area contributed by atoms with Crippen LogP contribution in [0.5, 0.6) is 11.5 Å². The SMILES string of the molecule is CCCCOc1ccc(/C=C/c2nc3s/c(=C\c4cn(-c5ccccc5)nc4-c4cccc(OCCCC)c4)c(=O)n3n2)cc1. The Hall–Kier alpha value is -5.02. The van der Waals surface area contributed by atoms with Crippen LogP contribution < -0.4 is 19.6 Å². The second kappa shape index (κ2) is 14.2. The van der Waals surface area contributed by atoms with Gasteiger partial charge in [0.2, 0.25) is 4.96 Å². The van der Waals surface area contributed by atoms with E-state index in [0.717, 1.165) is 71.9 Å². The average molecular weight is 618 g/mol. The smallest absolute Gasteiger partial charge is 0.291 e. The van der Waals surface area contributed by atoms with Gasteiger partial charge in [0.05, 0.1) is 23.4 Å². The summed E-state index contributed by atoms with van der Waals surface area (Å²) in [6, 6.07) is 25.7. The lowest BCUT2D eigenvalue weighted by molar-refractivity contribution is 0.309. The quantitative estimate of drug-likeness (QED) is 0.129. The van der Waals surface area contributed by atoms with Crippen LogP contribution in [0.15, 0.2) is 89.9 Å². The molecule has 8 nitrogen and oxygen atoms in total. The van der Waals surface area contributed by atoms with Crippen molar-refractivity contribution < 1.29 is 9.47 Å². The molecule has 0 N–H and O–H groups in total. The average Bonchev–Trinajstić information content (AvgIpc) is 3.76. The summed E-state index contributed by atoms with van der Waals surface area (Å²) in [6.45, 7) is 5.67. The third kappa shape index (κ3) is 7.21. The van der Waals surface area contributed by atoms with E-state index < -0.39 is 0 Å². The number of ether oxygens (including phenoxy) is 2. The first kappa shape index (κ1) is 30.0. The number of aromatic nitrogens is 5. The zero-order valence-electron chi connectivity index (χ0n) is 25.4. The number of unbranched alkanes of at least 4 members (excludes halogenated alkanes) is 2. The number of benzene rings is 3. The first-order valence-corrected chi connectivity index (χ1v) is 16.1. The third-order valence-electron chi connectivity index (χ3n) is 7.19. The van der Waals surface area contributed by atoms with Crippen molar-refractivity contribution in [2.45, 2.75) is 39.5 Å². The molecule has 228 valence electrons. The lowest BCUT2D eigenvalue weighted by atomic mass is 10.1. The van der Waals surface area contributed by atoms with Gasteiger partial charge in [0.15, 0.2) is 5.82 Å². The maximum atomic E-state index is 13.4. The maximum Gasteiger partial charge on any atom is 0.291 e. The van der Waals surface area contributed by atoms with Crippen molar-refractivity contribution in [1.82, 2.24) is 24.4 Å². The van der Waals surface area contributed by atoms with Crippen LogP contribution in [0.1, 0.15) is 56.5 Å². The van der Waals surface area contributed by atoms with Crippen molar-refractivity contribution in [2.75, 3.05) is 13.2 Å². The summed E-state index contributed by atoms with van der Waals surface area (Å²) >= 11 is 1.31. The van der Waals surface area contributed by atoms with Gasteiger partial charge in [-0.15, -0.1) is 5.10 Å².